The monoisotopic (exact) mass is 257 g/mol. The van der Waals surface area contributed by atoms with E-state index in [0.717, 1.165) is 17.5 Å². The van der Waals surface area contributed by atoms with E-state index in [1.807, 2.05) is 6.92 Å². The highest BCUT2D eigenvalue weighted by Gasteiger charge is 2.11. The summed E-state index contributed by atoms with van der Waals surface area (Å²) in [5, 5.41) is 0. The quantitative estimate of drug-likeness (QED) is 0.884. The minimum Gasteiger partial charge on any atom is -0.324 e. The van der Waals surface area contributed by atoms with Crippen LogP contribution in [0.3, 0.4) is 0 Å². The van der Waals surface area contributed by atoms with Crippen molar-refractivity contribution in [2.75, 3.05) is 0 Å². The highest BCUT2D eigenvalue weighted by Crippen LogP contribution is 2.22. The van der Waals surface area contributed by atoms with Gasteiger partial charge in [0.1, 0.15) is 5.82 Å². The normalized spacial score (nSPS) is 12.5. The summed E-state index contributed by atoms with van der Waals surface area (Å²) in [6, 6.07) is 11.1. The first-order valence-corrected chi connectivity index (χ1v) is 6.54. The number of rotatable bonds is 3. The SMILES string of the molecule is Cc1cc(C)cc(CC(N)c2cc(F)ccc2C)c1. The second-order valence-electron chi connectivity index (χ2n) is 5.31. The molecule has 2 rings (SSSR count). The Morgan fingerprint density at radius 3 is 2.26 bits per heavy atom. The van der Waals surface area contributed by atoms with Gasteiger partial charge in [-0.3, -0.25) is 0 Å². The van der Waals surface area contributed by atoms with Gasteiger partial charge in [-0.1, -0.05) is 35.4 Å². The zero-order valence-corrected chi connectivity index (χ0v) is 11.7. The predicted molar refractivity (Wildman–Crippen MR) is 77.7 cm³/mol. The molecule has 0 spiro atoms. The molecule has 2 heteroatoms. The molecule has 0 aliphatic heterocycles. The van der Waals surface area contributed by atoms with E-state index in [4.69, 9.17) is 5.73 Å². The van der Waals surface area contributed by atoms with Crippen LogP contribution < -0.4 is 5.73 Å². The standard InChI is InChI=1S/C17H20FN/c1-11-6-12(2)8-14(7-11)9-17(19)16-10-15(18)5-4-13(16)3/h4-8,10,17H,9,19H2,1-3H3. The first kappa shape index (κ1) is 13.8. The fourth-order valence-electron chi connectivity index (χ4n) is 2.56. The van der Waals surface area contributed by atoms with Gasteiger partial charge >= 0.3 is 0 Å². The van der Waals surface area contributed by atoms with Crippen molar-refractivity contribution < 1.29 is 4.39 Å². The topological polar surface area (TPSA) is 26.0 Å². The minimum atomic E-state index is -0.225. The summed E-state index contributed by atoms with van der Waals surface area (Å²) >= 11 is 0. The fraction of sp³-hybridized carbons (Fsp3) is 0.294. The summed E-state index contributed by atoms with van der Waals surface area (Å²) in [7, 11) is 0. The van der Waals surface area contributed by atoms with Crippen molar-refractivity contribution in [2.24, 2.45) is 5.73 Å². The van der Waals surface area contributed by atoms with Gasteiger partial charge < -0.3 is 5.73 Å². The maximum Gasteiger partial charge on any atom is 0.123 e. The molecule has 2 aromatic carbocycles. The molecule has 1 unspecified atom stereocenters. The van der Waals surface area contributed by atoms with Crippen LogP contribution in [0.4, 0.5) is 4.39 Å². The van der Waals surface area contributed by atoms with E-state index >= 15 is 0 Å². The minimum absolute atomic E-state index is 0.170. The van der Waals surface area contributed by atoms with Crippen molar-refractivity contribution in [3.8, 4) is 0 Å². The lowest BCUT2D eigenvalue weighted by Gasteiger charge is -2.16. The van der Waals surface area contributed by atoms with E-state index in [-0.39, 0.29) is 11.9 Å². The molecule has 2 N–H and O–H groups in total. The molecule has 100 valence electrons. The average Bonchev–Trinajstić information content (AvgIpc) is 2.30. The Hall–Kier alpha value is -1.67. The van der Waals surface area contributed by atoms with Gasteiger partial charge in [-0.2, -0.15) is 0 Å². The van der Waals surface area contributed by atoms with E-state index in [0.29, 0.717) is 0 Å². The Bertz CT molecular complexity index is 570. The highest BCUT2D eigenvalue weighted by molar-refractivity contribution is 5.33. The smallest absolute Gasteiger partial charge is 0.123 e. The molecule has 1 nitrogen and oxygen atoms in total. The van der Waals surface area contributed by atoms with Crippen LogP contribution in [-0.4, -0.2) is 0 Å². The van der Waals surface area contributed by atoms with Crippen molar-refractivity contribution >= 4 is 0 Å². The molecule has 0 aliphatic carbocycles. The van der Waals surface area contributed by atoms with Gasteiger partial charge in [-0.15, -0.1) is 0 Å². The Kier molecular flexibility index (Phi) is 4.01. The second kappa shape index (κ2) is 5.54. The van der Waals surface area contributed by atoms with Gasteiger partial charge in [0, 0.05) is 6.04 Å². The van der Waals surface area contributed by atoms with Gasteiger partial charge in [0.25, 0.3) is 0 Å². The molecule has 0 fully saturated rings. The van der Waals surface area contributed by atoms with Gasteiger partial charge in [-0.25, -0.2) is 4.39 Å². The fourth-order valence-corrected chi connectivity index (χ4v) is 2.56. The van der Waals surface area contributed by atoms with E-state index in [1.54, 1.807) is 12.1 Å². The van der Waals surface area contributed by atoms with Crippen LogP contribution in [0.15, 0.2) is 36.4 Å². The Balaban J connectivity index is 2.25. The highest BCUT2D eigenvalue weighted by atomic mass is 19.1. The molecule has 0 saturated heterocycles. The summed E-state index contributed by atoms with van der Waals surface area (Å²) in [5.74, 6) is -0.225. The molecule has 2 aromatic rings. The second-order valence-corrected chi connectivity index (χ2v) is 5.31. The number of hydrogen-bond donors (Lipinski definition) is 1. The largest absolute Gasteiger partial charge is 0.324 e. The maximum atomic E-state index is 13.3. The third kappa shape index (κ3) is 3.42. The first-order valence-electron chi connectivity index (χ1n) is 6.54. The molecule has 0 radical (unpaired) electrons. The zero-order valence-electron chi connectivity index (χ0n) is 11.7. The van der Waals surface area contributed by atoms with Gasteiger partial charge in [0.15, 0.2) is 0 Å². The first-order chi connectivity index (χ1) is 8.95. The molecular formula is C17H20FN. The molecule has 0 aromatic heterocycles. The van der Waals surface area contributed by atoms with Crippen LogP contribution in [-0.2, 0) is 6.42 Å². The molecule has 0 bridgehead atoms. The Labute approximate surface area is 114 Å². The van der Waals surface area contributed by atoms with E-state index in [2.05, 4.69) is 32.0 Å². The molecule has 1 atom stereocenters. The molecule has 0 amide bonds. The number of hydrogen-bond acceptors (Lipinski definition) is 1. The summed E-state index contributed by atoms with van der Waals surface area (Å²) in [5.41, 5.74) is 11.8. The van der Waals surface area contributed by atoms with Crippen molar-refractivity contribution in [1.29, 1.82) is 0 Å². The Morgan fingerprint density at radius 2 is 1.63 bits per heavy atom. The molecule has 0 aliphatic rings. The van der Waals surface area contributed by atoms with Crippen LogP contribution in [0.25, 0.3) is 0 Å². The van der Waals surface area contributed by atoms with Gasteiger partial charge in [0.2, 0.25) is 0 Å². The van der Waals surface area contributed by atoms with E-state index in [9.17, 15) is 4.39 Å². The van der Waals surface area contributed by atoms with Crippen LogP contribution in [0.5, 0.6) is 0 Å². The summed E-state index contributed by atoms with van der Waals surface area (Å²) < 4.78 is 13.3. The predicted octanol–water partition coefficient (Wildman–Crippen LogP) is 3.99. The third-order valence-electron chi connectivity index (χ3n) is 3.38. The third-order valence-corrected chi connectivity index (χ3v) is 3.38. The van der Waals surface area contributed by atoms with Gasteiger partial charge in [-0.05, 0) is 56.0 Å². The molecular weight excluding hydrogens is 237 g/mol. The van der Waals surface area contributed by atoms with Crippen molar-refractivity contribution in [3.05, 3.63) is 70.0 Å². The number of benzene rings is 2. The Morgan fingerprint density at radius 1 is 1.00 bits per heavy atom. The molecule has 0 saturated carbocycles. The number of aryl methyl sites for hydroxylation is 3. The van der Waals surface area contributed by atoms with Crippen molar-refractivity contribution in [3.63, 3.8) is 0 Å². The lowest BCUT2D eigenvalue weighted by molar-refractivity contribution is 0.617. The number of nitrogens with two attached hydrogens (primary N) is 1. The van der Waals surface area contributed by atoms with E-state index in [1.165, 1.54) is 22.8 Å². The van der Waals surface area contributed by atoms with Crippen LogP contribution in [0.1, 0.15) is 33.9 Å². The summed E-state index contributed by atoms with van der Waals surface area (Å²) in [4.78, 5) is 0. The van der Waals surface area contributed by atoms with Crippen molar-refractivity contribution in [1.82, 2.24) is 0 Å². The van der Waals surface area contributed by atoms with Gasteiger partial charge in [0.05, 0.1) is 0 Å². The summed E-state index contributed by atoms with van der Waals surface area (Å²) in [6.07, 6.45) is 0.729. The van der Waals surface area contributed by atoms with Crippen molar-refractivity contribution in [2.45, 2.75) is 33.2 Å². The number of halogens is 1. The zero-order chi connectivity index (χ0) is 14.0. The lowest BCUT2D eigenvalue weighted by Crippen LogP contribution is -2.15. The van der Waals surface area contributed by atoms with Crippen LogP contribution >= 0.6 is 0 Å². The lowest BCUT2D eigenvalue weighted by atomic mass is 9.94. The molecule has 0 heterocycles. The van der Waals surface area contributed by atoms with Crippen LogP contribution in [0, 0.1) is 26.6 Å². The van der Waals surface area contributed by atoms with E-state index < -0.39 is 0 Å². The maximum absolute atomic E-state index is 13.3. The van der Waals surface area contributed by atoms with Crippen LogP contribution in [0.2, 0.25) is 0 Å². The summed E-state index contributed by atoms with van der Waals surface area (Å²) in [6.45, 7) is 6.13. The molecule has 19 heavy (non-hydrogen) atoms. The average molecular weight is 257 g/mol.